The van der Waals surface area contributed by atoms with Gasteiger partial charge in [0, 0.05) is 54.7 Å². The molecule has 322 valence electrons. The molecule has 1 unspecified atom stereocenters. The van der Waals surface area contributed by atoms with Crippen LogP contribution in [0.15, 0.2) is 95.1 Å². The molecule has 18 heteroatoms. The quantitative estimate of drug-likeness (QED) is 0.0602. The van der Waals surface area contributed by atoms with Crippen molar-refractivity contribution < 1.29 is 40.7 Å². The zero-order chi connectivity index (χ0) is 44.4. The normalized spacial score (nSPS) is 16.9. The van der Waals surface area contributed by atoms with Gasteiger partial charge in [-0.3, -0.25) is 19.3 Å². The van der Waals surface area contributed by atoms with E-state index in [1.807, 2.05) is 24.3 Å². The number of carbonyl (C=O) groups excluding carboxylic acids is 2. The number of carbonyl (C=O) groups is 2. The van der Waals surface area contributed by atoms with Crippen LogP contribution in [0.1, 0.15) is 82.1 Å². The third-order valence-electron chi connectivity index (χ3n) is 11.0. The molecule has 0 amide bonds. The number of halogens is 4. The van der Waals surface area contributed by atoms with Crippen LogP contribution in [0.25, 0.3) is 0 Å². The van der Waals surface area contributed by atoms with E-state index < -0.39 is 56.5 Å². The Morgan fingerprint density at radius 2 is 1.65 bits per heavy atom. The highest BCUT2D eigenvalue weighted by atomic mass is 32.2. The Kier molecular flexibility index (Phi) is 12.3. The van der Waals surface area contributed by atoms with Gasteiger partial charge >= 0.3 is 6.18 Å². The van der Waals surface area contributed by atoms with Gasteiger partial charge in [0.2, 0.25) is 0 Å². The zero-order valence-corrected chi connectivity index (χ0v) is 34.4. The molecular formula is C44H42F4N8O5S. The van der Waals surface area contributed by atoms with Crippen molar-refractivity contribution in [3.05, 3.63) is 130 Å². The number of aryl methyl sites for hydroxylation is 1. The van der Waals surface area contributed by atoms with Crippen LogP contribution < -0.4 is 16.0 Å². The average Bonchev–Trinajstić information content (AvgIpc) is 3.65. The summed E-state index contributed by atoms with van der Waals surface area (Å²) >= 11 is 0. The molecule has 2 aliphatic rings. The highest BCUT2D eigenvalue weighted by Gasteiger charge is 2.42. The molecule has 13 nitrogen and oxygen atoms in total. The molecule has 0 radical (unpaired) electrons. The van der Waals surface area contributed by atoms with E-state index in [9.17, 15) is 40.7 Å². The van der Waals surface area contributed by atoms with Crippen molar-refractivity contribution >= 4 is 44.2 Å². The first kappa shape index (κ1) is 43.6. The molecule has 0 bridgehead atoms. The minimum Gasteiger partial charge on any atom is -0.385 e. The van der Waals surface area contributed by atoms with Crippen molar-refractivity contribution in [1.82, 2.24) is 14.8 Å². The summed E-state index contributed by atoms with van der Waals surface area (Å²) in [4.78, 5) is 34.6. The van der Waals surface area contributed by atoms with Crippen molar-refractivity contribution in [3.8, 4) is 6.07 Å². The second-order valence-corrected chi connectivity index (χ2v) is 17.5. The Bertz CT molecular complexity index is 2690. The van der Waals surface area contributed by atoms with Gasteiger partial charge in [0.05, 0.1) is 45.5 Å². The molecule has 7 rings (SSSR count). The first-order valence-corrected chi connectivity index (χ1v) is 21.4. The molecule has 1 aromatic heterocycles. The molecular weight excluding hydrogens is 829 g/mol. The number of hydrogen-bond donors (Lipinski definition) is 4. The van der Waals surface area contributed by atoms with Gasteiger partial charge in [0.1, 0.15) is 30.1 Å². The van der Waals surface area contributed by atoms with Gasteiger partial charge in [-0.25, -0.2) is 17.8 Å². The Morgan fingerprint density at radius 1 is 0.984 bits per heavy atom. The monoisotopic (exact) mass is 870 g/mol. The van der Waals surface area contributed by atoms with E-state index in [1.165, 1.54) is 36.7 Å². The number of alkyl halides is 3. The molecule has 5 aromatic rings. The number of ketones is 2. The molecule has 4 aromatic carbocycles. The Hall–Kier alpha value is -6.45. The molecule has 0 saturated carbocycles. The molecule has 2 aliphatic heterocycles. The van der Waals surface area contributed by atoms with Crippen molar-refractivity contribution in [2.24, 2.45) is 12.0 Å². The summed E-state index contributed by atoms with van der Waals surface area (Å²) in [6.45, 7) is 2.26. The molecule has 0 spiro atoms. The number of aromatic nitrogens is 3. The fraction of sp³-hybridized carbons (Fsp3) is 0.318. The van der Waals surface area contributed by atoms with Crippen molar-refractivity contribution in [2.75, 3.05) is 41.3 Å². The van der Waals surface area contributed by atoms with E-state index in [0.717, 1.165) is 49.6 Å². The summed E-state index contributed by atoms with van der Waals surface area (Å²) in [6, 6.07) is 20.2. The molecule has 3 atom stereocenters. The van der Waals surface area contributed by atoms with Crippen molar-refractivity contribution in [2.45, 2.75) is 61.2 Å². The lowest BCUT2D eigenvalue weighted by atomic mass is 9.78. The van der Waals surface area contributed by atoms with Gasteiger partial charge in [-0.15, -0.1) is 0 Å². The summed E-state index contributed by atoms with van der Waals surface area (Å²) in [5.74, 6) is -2.44. The number of benzene rings is 4. The first-order chi connectivity index (χ1) is 29.4. The van der Waals surface area contributed by atoms with Crippen LogP contribution in [0.5, 0.6) is 0 Å². The number of Topliss-reactive ketones (excluding diaryl/α,β-unsaturated/α-hetero) is 2. The van der Waals surface area contributed by atoms with E-state index in [1.54, 1.807) is 23.9 Å². The highest BCUT2D eigenvalue weighted by molar-refractivity contribution is 7.91. The maximum Gasteiger partial charge on any atom is 0.417 e. The average molecular weight is 871 g/mol. The van der Waals surface area contributed by atoms with Gasteiger partial charge in [-0.05, 0) is 98.0 Å². The number of unbranched alkanes of at least 4 members (excludes halogenated alkanes) is 2. The summed E-state index contributed by atoms with van der Waals surface area (Å²) in [7, 11) is -2.38. The third-order valence-corrected chi connectivity index (χ3v) is 12.9. The zero-order valence-electron chi connectivity index (χ0n) is 33.6. The summed E-state index contributed by atoms with van der Waals surface area (Å²) in [6.07, 6.45) is -1.45. The number of nitriles is 1. The van der Waals surface area contributed by atoms with E-state index in [4.69, 9.17) is 5.26 Å². The molecule has 3 heterocycles. The van der Waals surface area contributed by atoms with E-state index in [2.05, 4.69) is 31.0 Å². The van der Waals surface area contributed by atoms with Gasteiger partial charge in [-0.1, -0.05) is 18.2 Å². The maximum absolute atomic E-state index is 14.6. The minimum absolute atomic E-state index is 0.0702. The van der Waals surface area contributed by atoms with Crippen molar-refractivity contribution in [3.63, 3.8) is 0 Å². The number of sulfone groups is 1. The van der Waals surface area contributed by atoms with Crippen LogP contribution in [0.4, 0.5) is 34.6 Å². The largest absolute Gasteiger partial charge is 0.417 e. The molecule has 0 saturated heterocycles. The molecule has 0 aliphatic carbocycles. The van der Waals surface area contributed by atoms with Crippen LogP contribution in [0, 0.1) is 17.1 Å². The molecule has 4 N–H and O–H groups in total. The second-order valence-electron chi connectivity index (χ2n) is 15.5. The number of nitrogens with one attached hydrogen (secondary N) is 3. The fourth-order valence-electron chi connectivity index (χ4n) is 7.76. The predicted octanol–water partition coefficient (Wildman–Crippen LogP) is 6.81. The number of anilines is 3. The van der Waals surface area contributed by atoms with Gasteiger partial charge in [0.25, 0.3) is 0 Å². The number of aliphatic hydroxyl groups is 1. The Balaban J connectivity index is 0.872. The predicted molar refractivity (Wildman–Crippen MR) is 224 cm³/mol. The lowest BCUT2D eigenvalue weighted by Crippen LogP contribution is -2.43. The number of nitrogens with zero attached hydrogens (tertiary/aromatic N) is 5. The van der Waals surface area contributed by atoms with Gasteiger partial charge in [0.15, 0.2) is 21.4 Å². The lowest BCUT2D eigenvalue weighted by molar-refractivity contribution is -0.138. The van der Waals surface area contributed by atoms with Crippen LogP contribution in [-0.4, -0.2) is 76.6 Å². The summed E-state index contributed by atoms with van der Waals surface area (Å²) in [5.41, 5.74) is 0.223. The van der Waals surface area contributed by atoms with E-state index >= 15 is 0 Å². The standard InChI is InChI=1S/C44H42F4N8O5S/c1-43(59,37(58)19-26-6-7-28(22-49)34(18-26)44(46,47)48)24-62(60,61)32-14-12-31(13-15-32)51-17-5-3-4-16-50-30-10-8-27(9-11-30)40-39(42-53-25-54-56(42)2)41-38-33(36(57)23-52-41)20-29(45)21-35(38)55-40/h6-15,18,20-21,25,39-40,50-51,55,59H,3-5,16-17,19,23-24H2,1-2H3/t39-,40-,43?/m1/s1. The minimum atomic E-state index is -4.84. The topological polar surface area (TPSA) is 191 Å². The molecule has 62 heavy (non-hydrogen) atoms. The van der Waals surface area contributed by atoms with Crippen LogP contribution in [-0.2, 0) is 34.3 Å². The van der Waals surface area contributed by atoms with Gasteiger partial charge in [-0.2, -0.15) is 23.5 Å². The van der Waals surface area contributed by atoms with Crippen LogP contribution in [0.2, 0.25) is 0 Å². The summed E-state index contributed by atoms with van der Waals surface area (Å²) in [5, 5.41) is 34.2. The van der Waals surface area contributed by atoms with Crippen molar-refractivity contribution in [1.29, 1.82) is 5.26 Å². The van der Waals surface area contributed by atoms with E-state index in [0.29, 0.717) is 53.2 Å². The first-order valence-electron chi connectivity index (χ1n) is 19.7. The van der Waals surface area contributed by atoms with Crippen LogP contribution in [0.3, 0.4) is 0 Å². The fourth-order valence-corrected chi connectivity index (χ4v) is 9.38. The lowest BCUT2D eigenvalue weighted by Gasteiger charge is -2.37. The third kappa shape index (κ3) is 9.38. The smallest absolute Gasteiger partial charge is 0.385 e. The van der Waals surface area contributed by atoms with Gasteiger partial charge < -0.3 is 21.1 Å². The SMILES string of the molecule is Cn1ncnc1[C@H]1C2=NCC(=O)c3cc(F)cc(c32)N[C@@H]1c1ccc(NCCCCCNc2ccc(S(=O)(=O)CC(C)(O)C(=O)Cc3ccc(C#N)c(C(F)(F)F)c3)cc2)cc1. The maximum atomic E-state index is 14.6. The second kappa shape index (κ2) is 17.5. The van der Waals surface area contributed by atoms with E-state index in [-0.39, 0.29) is 34.7 Å². The number of aliphatic imine (C=N–C) groups is 1. The Morgan fingerprint density at radius 3 is 2.26 bits per heavy atom. The highest BCUT2D eigenvalue weighted by Crippen LogP contribution is 2.45. The number of rotatable bonds is 16. The molecule has 0 fully saturated rings. The van der Waals surface area contributed by atoms with Crippen LogP contribution >= 0.6 is 0 Å². The Labute approximate surface area is 354 Å². The summed E-state index contributed by atoms with van der Waals surface area (Å²) < 4.78 is 82.7. The number of hydrogen-bond acceptors (Lipinski definition) is 12.